The lowest BCUT2D eigenvalue weighted by Crippen LogP contribution is -2.02. The number of rotatable bonds is 4. The average molecular weight is 481 g/mol. The Morgan fingerprint density at radius 3 is 1.12 bits per heavy atom. The molecule has 0 fully saturated rings. The Labute approximate surface area is 202 Å². The van der Waals surface area contributed by atoms with Gasteiger partial charge in [-0.15, -0.1) is 0 Å². The zero-order valence-electron chi connectivity index (χ0n) is 20.2. The van der Waals surface area contributed by atoms with E-state index in [9.17, 15) is 4.57 Å². The van der Waals surface area contributed by atoms with Crippen molar-refractivity contribution in [3.05, 3.63) is 97.1 Å². The number of benzene rings is 5. The summed E-state index contributed by atoms with van der Waals surface area (Å²) in [7, 11) is -2.29. The highest BCUT2D eigenvalue weighted by Gasteiger charge is 2.17. The van der Waals surface area contributed by atoms with Gasteiger partial charge in [-0.05, 0) is 75.8 Å². The largest absolute Gasteiger partial charge is 0.319 e. The minimum Gasteiger partial charge on any atom is -0.319 e. The molecule has 34 heavy (non-hydrogen) atoms. The van der Waals surface area contributed by atoms with Crippen molar-refractivity contribution in [3.63, 3.8) is 0 Å². The zero-order chi connectivity index (χ0) is 24.1. The molecule has 0 saturated carbocycles. The Kier molecular flexibility index (Phi) is 5.68. The molecule has 0 spiro atoms. The molecule has 5 aromatic carbocycles. The van der Waals surface area contributed by atoms with E-state index in [0.29, 0.717) is 0 Å². The Morgan fingerprint density at radius 2 is 0.824 bits per heavy atom. The van der Waals surface area contributed by atoms with Crippen molar-refractivity contribution in [2.75, 3.05) is 26.7 Å². The minimum atomic E-state index is -2.29. The molecule has 0 amide bonds. The van der Waals surface area contributed by atoms with Crippen LogP contribution in [0.15, 0.2) is 97.1 Å². The van der Waals surface area contributed by atoms with E-state index in [1.165, 1.54) is 43.5 Å². The van der Waals surface area contributed by atoms with E-state index in [0.717, 1.165) is 10.9 Å². The van der Waals surface area contributed by atoms with Crippen LogP contribution in [0.5, 0.6) is 0 Å². The van der Waals surface area contributed by atoms with Gasteiger partial charge in [0.15, 0.2) is 0 Å². The first kappa shape index (κ1) is 22.9. The molecule has 0 heterocycles. The zero-order valence-corrected chi connectivity index (χ0v) is 22.0. The van der Waals surface area contributed by atoms with Gasteiger partial charge >= 0.3 is 0 Å². The van der Waals surface area contributed by atoms with Gasteiger partial charge in [-0.25, -0.2) is 0 Å². The van der Waals surface area contributed by atoms with Gasteiger partial charge in [-0.2, -0.15) is 0 Å². The van der Waals surface area contributed by atoms with Crippen LogP contribution in [0.25, 0.3) is 43.8 Å². The van der Waals surface area contributed by atoms with E-state index in [1.54, 1.807) is 0 Å². The summed E-state index contributed by atoms with van der Waals surface area (Å²) < 4.78 is 12.6. The smallest absolute Gasteiger partial charge is 0.109 e. The van der Waals surface area contributed by atoms with Gasteiger partial charge in [0, 0.05) is 5.30 Å². The van der Waals surface area contributed by atoms with E-state index >= 15 is 0 Å². The topological polar surface area (TPSA) is 17.1 Å². The first-order valence-corrected chi connectivity index (χ1v) is 17.0. The molecule has 1 nitrogen and oxygen atoms in total. The van der Waals surface area contributed by atoms with Crippen LogP contribution in [0.3, 0.4) is 0 Å². The summed E-state index contributed by atoms with van der Waals surface area (Å²) in [5.74, 6) is 0. The molecule has 5 rings (SSSR count). The molecule has 0 aliphatic heterocycles. The molecule has 0 atom stereocenters. The summed E-state index contributed by atoms with van der Waals surface area (Å²) in [6.07, 6.45) is 4.40. The maximum atomic E-state index is 12.6. The third-order valence-electron chi connectivity index (χ3n) is 6.56. The molecule has 170 valence electrons. The normalized spacial score (nSPS) is 12.4. The van der Waals surface area contributed by atoms with Crippen LogP contribution < -0.4 is 10.6 Å². The number of fused-ring (bicyclic) bond motifs is 2. The second-order valence-corrected chi connectivity index (χ2v) is 17.1. The Bertz CT molecular complexity index is 1430. The van der Waals surface area contributed by atoms with Crippen molar-refractivity contribution in [1.82, 2.24) is 0 Å². The van der Waals surface area contributed by atoms with Gasteiger partial charge in [-0.1, -0.05) is 110 Å². The van der Waals surface area contributed by atoms with Gasteiger partial charge in [0.2, 0.25) is 0 Å². The van der Waals surface area contributed by atoms with E-state index in [4.69, 9.17) is 0 Å². The van der Waals surface area contributed by atoms with Crippen molar-refractivity contribution in [2.24, 2.45) is 0 Å². The fourth-order valence-corrected chi connectivity index (χ4v) is 6.59. The summed E-state index contributed by atoms with van der Waals surface area (Å²) in [5, 5.41) is 7.20. The predicted octanol–water partition coefficient (Wildman–Crippen LogP) is 7.91. The second kappa shape index (κ2) is 8.42. The fourth-order valence-electron chi connectivity index (χ4n) is 4.77. The average Bonchev–Trinajstić information content (AvgIpc) is 2.81. The molecule has 5 aromatic rings. The highest BCUT2D eigenvalue weighted by atomic mass is 31.2. The Balaban J connectivity index is 1.82. The van der Waals surface area contributed by atoms with E-state index in [-0.39, 0.29) is 0 Å². The molecular formula is C31H30OP2. The maximum absolute atomic E-state index is 12.6. The Hall–Kier alpha value is -2.85. The highest BCUT2D eigenvalue weighted by Crippen LogP contribution is 2.44. The lowest BCUT2D eigenvalue weighted by Gasteiger charge is -2.19. The van der Waals surface area contributed by atoms with Gasteiger partial charge in [0.1, 0.15) is 7.14 Å². The van der Waals surface area contributed by atoms with E-state index in [1.807, 2.05) is 25.5 Å². The van der Waals surface area contributed by atoms with Crippen molar-refractivity contribution < 1.29 is 4.57 Å². The number of hydrogen-bond acceptors (Lipinski definition) is 1. The highest BCUT2D eigenvalue weighted by molar-refractivity contribution is 7.79. The Morgan fingerprint density at radius 1 is 0.500 bits per heavy atom. The van der Waals surface area contributed by atoms with Crippen LogP contribution in [0, 0.1) is 0 Å². The molecule has 0 bridgehead atoms. The predicted molar refractivity (Wildman–Crippen MR) is 157 cm³/mol. The number of hydrogen-bond donors (Lipinski definition) is 0. The molecular weight excluding hydrogens is 450 g/mol. The monoisotopic (exact) mass is 480 g/mol. The van der Waals surface area contributed by atoms with Gasteiger partial charge in [0.25, 0.3) is 0 Å². The SMILES string of the molecule is C=P(C)(C)c1ccc(-c2c3ccccc3c(-c3ccc(P(C)(C)=O)cc3)c3ccccc23)cc1. The van der Waals surface area contributed by atoms with E-state index in [2.05, 4.69) is 105 Å². The summed E-state index contributed by atoms with van der Waals surface area (Å²) in [6.45, 7) is 6.84. The summed E-state index contributed by atoms with van der Waals surface area (Å²) >= 11 is 0. The minimum absolute atomic E-state index is 0.915. The van der Waals surface area contributed by atoms with Crippen molar-refractivity contribution in [3.8, 4) is 22.3 Å². The van der Waals surface area contributed by atoms with Gasteiger partial charge in [0.05, 0.1) is 0 Å². The summed E-state index contributed by atoms with van der Waals surface area (Å²) in [6, 6.07) is 34.7. The third-order valence-corrected chi connectivity index (χ3v) is 9.80. The lowest BCUT2D eigenvalue weighted by molar-refractivity contribution is 0.588. The molecule has 0 aromatic heterocycles. The molecule has 3 heteroatoms. The third kappa shape index (κ3) is 4.09. The molecule has 0 aliphatic carbocycles. The molecule has 0 unspecified atom stereocenters. The second-order valence-electron chi connectivity index (χ2n) is 9.97. The summed E-state index contributed by atoms with van der Waals surface area (Å²) in [5.41, 5.74) is 4.87. The van der Waals surface area contributed by atoms with Crippen LogP contribution in [0.1, 0.15) is 0 Å². The van der Waals surface area contributed by atoms with Gasteiger partial charge < -0.3 is 4.57 Å². The first-order valence-electron chi connectivity index (χ1n) is 11.5. The standard InChI is InChI=1S/C31H30OP2/c1-33(2,3)24-18-14-22(15-19-24)30-26-10-6-8-12-28(26)31(29-13-9-7-11-27(29)30)23-16-20-25(21-17-23)34(4,5)32/h6-21H,1H2,2-5H3. The molecule has 0 saturated heterocycles. The molecule has 0 N–H and O–H groups in total. The van der Waals surface area contributed by atoms with Crippen LogP contribution in [-0.4, -0.2) is 33.0 Å². The molecule has 0 aliphatic rings. The van der Waals surface area contributed by atoms with Crippen molar-refractivity contribution in [2.45, 2.75) is 0 Å². The van der Waals surface area contributed by atoms with Crippen LogP contribution in [0.4, 0.5) is 0 Å². The van der Waals surface area contributed by atoms with Crippen LogP contribution in [0.2, 0.25) is 0 Å². The van der Waals surface area contributed by atoms with E-state index < -0.39 is 14.0 Å². The maximum Gasteiger partial charge on any atom is 0.109 e. The first-order chi connectivity index (χ1) is 16.1. The quantitative estimate of drug-likeness (QED) is 0.189. The van der Waals surface area contributed by atoms with Crippen molar-refractivity contribution in [1.29, 1.82) is 0 Å². The van der Waals surface area contributed by atoms with Gasteiger partial charge in [-0.3, -0.25) is 0 Å². The van der Waals surface area contributed by atoms with Crippen molar-refractivity contribution >= 4 is 52.5 Å². The van der Waals surface area contributed by atoms with Crippen LogP contribution in [-0.2, 0) is 4.57 Å². The lowest BCUT2D eigenvalue weighted by atomic mass is 9.86. The fraction of sp³-hybridized carbons (Fsp3) is 0.129. The summed E-state index contributed by atoms with van der Waals surface area (Å²) in [4.78, 5) is 0. The molecule has 0 radical (unpaired) electrons. The van der Waals surface area contributed by atoms with Crippen LogP contribution >= 0.6 is 14.0 Å².